The summed E-state index contributed by atoms with van der Waals surface area (Å²) in [7, 11) is 2.04. The average molecular weight is 233 g/mol. The second-order valence-corrected chi connectivity index (χ2v) is 4.27. The number of nitrogens with zero attached hydrogens (tertiary/aromatic N) is 2. The van der Waals surface area contributed by atoms with Crippen LogP contribution >= 0.6 is 0 Å². The van der Waals surface area contributed by atoms with E-state index in [1.807, 2.05) is 25.2 Å². The number of benzene rings is 1. The lowest BCUT2D eigenvalue weighted by Crippen LogP contribution is -2.23. The fraction of sp³-hybridized carbons (Fsp3) is 0.462. The summed E-state index contributed by atoms with van der Waals surface area (Å²) in [4.78, 5) is 4.63. The molecule has 1 atom stereocenters. The lowest BCUT2D eigenvalue weighted by atomic mass is 10.3. The minimum absolute atomic E-state index is 0.193. The maximum atomic E-state index is 8.76. The highest BCUT2D eigenvalue weighted by Crippen LogP contribution is 2.18. The van der Waals surface area contributed by atoms with Crippen LogP contribution in [0.2, 0.25) is 0 Å². The molecule has 1 unspecified atom stereocenters. The fourth-order valence-corrected chi connectivity index (χ4v) is 2.04. The predicted molar refractivity (Wildman–Crippen MR) is 68.8 cm³/mol. The molecule has 17 heavy (non-hydrogen) atoms. The van der Waals surface area contributed by atoms with E-state index in [-0.39, 0.29) is 12.6 Å². The van der Waals surface area contributed by atoms with E-state index in [9.17, 15) is 0 Å². The van der Waals surface area contributed by atoms with Crippen molar-refractivity contribution in [1.82, 2.24) is 14.9 Å². The van der Waals surface area contributed by atoms with Gasteiger partial charge in [-0.1, -0.05) is 12.1 Å². The number of rotatable bonds is 5. The van der Waals surface area contributed by atoms with E-state index in [0.717, 1.165) is 29.8 Å². The number of aliphatic hydroxyl groups is 1. The van der Waals surface area contributed by atoms with Crippen LogP contribution in [0.15, 0.2) is 24.3 Å². The topological polar surface area (TPSA) is 50.1 Å². The molecule has 4 nitrogen and oxygen atoms in total. The van der Waals surface area contributed by atoms with Gasteiger partial charge in [-0.3, -0.25) is 0 Å². The molecule has 0 amide bonds. The van der Waals surface area contributed by atoms with Gasteiger partial charge in [-0.15, -0.1) is 0 Å². The Morgan fingerprint density at radius 2 is 2.18 bits per heavy atom. The van der Waals surface area contributed by atoms with Crippen LogP contribution in [0.25, 0.3) is 11.0 Å². The summed E-state index contributed by atoms with van der Waals surface area (Å²) < 4.78 is 2.12. The van der Waals surface area contributed by atoms with E-state index in [1.165, 1.54) is 0 Å². The van der Waals surface area contributed by atoms with Crippen LogP contribution in [-0.4, -0.2) is 27.8 Å². The molecule has 0 fully saturated rings. The number of aryl methyl sites for hydroxylation is 1. The Morgan fingerprint density at radius 3 is 2.88 bits per heavy atom. The van der Waals surface area contributed by atoms with E-state index >= 15 is 0 Å². The van der Waals surface area contributed by atoms with Crippen molar-refractivity contribution in [2.75, 3.05) is 13.2 Å². The van der Waals surface area contributed by atoms with Gasteiger partial charge in [-0.05, 0) is 32.0 Å². The SMILES string of the molecule is CC(NCCCO)c1nc2ccccc2n1C. The molecule has 1 aromatic heterocycles. The van der Waals surface area contributed by atoms with Crippen LogP contribution in [-0.2, 0) is 7.05 Å². The van der Waals surface area contributed by atoms with Crippen LogP contribution in [0.3, 0.4) is 0 Å². The number of aromatic nitrogens is 2. The number of hydrogen-bond acceptors (Lipinski definition) is 3. The van der Waals surface area contributed by atoms with Gasteiger partial charge < -0.3 is 15.0 Å². The normalized spacial score (nSPS) is 13.1. The summed E-state index contributed by atoms with van der Waals surface area (Å²) in [6, 6.07) is 8.32. The molecule has 0 spiro atoms. The van der Waals surface area contributed by atoms with Crippen LogP contribution in [0, 0.1) is 0 Å². The Labute approximate surface area is 101 Å². The number of hydrogen-bond donors (Lipinski definition) is 2. The molecule has 2 aromatic rings. The average Bonchev–Trinajstić information content (AvgIpc) is 2.68. The van der Waals surface area contributed by atoms with E-state index in [0.29, 0.717) is 0 Å². The van der Waals surface area contributed by atoms with Crippen LogP contribution in [0.1, 0.15) is 25.2 Å². The first-order valence-electron chi connectivity index (χ1n) is 5.99. The first-order chi connectivity index (χ1) is 8.24. The number of nitrogens with one attached hydrogen (secondary N) is 1. The molecule has 0 aliphatic heterocycles. The number of aliphatic hydroxyl groups excluding tert-OH is 1. The van der Waals surface area contributed by atoms with Crippen molar-refractivity contribution < 1.29 is 5.11 Å². The van der Waals surface area contributed by atoms with Crippen molar-refractivity contribution in [2.24, 2.45) is 7.05 Å². The van der Waals surface area contributed by atoms with E-state index in [1.54, 1.807) is 0 Å². The lowest BCUT2D eigenvalue weighted by Gasteiger charge is -2.13. The van der Waals surface area contributed by atoms with Gasteiger partial charge in [0.2, 0.25) is 0 Å². The van der Waals surface area contributed by atoms with Crippen LogP contribution in [0.4, 0.5) is 0 Å². The maximum absolute atomic E-state index is 8.76. The highest BCUT2D eigenvalue weighted by molar-refractivity contribution is 5.75. The van der Waals surface area contributed by atoms with Crippen molar-refractivity contribution in [3.8, 4) is 0 Å². The second-order valence-electron chi connectivity index (χ2n) is 4.27. The molecule has 0 aliphatic rings. The minimum atomic E-state index is 0.193. The van der Waals surface area contributed by atoms with Gasteiger partial charge in [-0.2, -0.15) is 0 Å². The molecular formula is C13H19N3O. The molecule has 0 saturated carbocycles. The van der Waals surface area contributed by atoms with Gasteiger partial charge in [0.1, 0.15) is 5.82 Å². The summed E-state index contributed by atoms with van der Waals surface area (Å²) in [6.45, 7) is 3.13. The summed E-state index contributed by atoms with van der Waals surface area (Å²) in [5.41, 5.74) is 2.18. The van der Waals surface area contributed by atoms with Gasteiger partial charge in [0.15, 0.2) is 0 Å². The van der Waals surface area contributed by atoms with Crippen molar-refractivity contribution in [2.45, 2.75) is 19.4 Å². The van der Waals surface area contributed by atoms with E-state index in [4.69, 9.17) is 5.11 Å². The minimum Gasteiger partial charge on any atom is -0.396 e. The molecule has 4 heteroatoms. The van der Waals surface area contributed by atoms with Crippen molar-refractivity contribution in [3.63, 3.8) is 0 Å². The van der Waals surface area contributed by atoms with Crippen LogP contribution < -0.4 is 5.32 Å². The Hall–Kier alpha value is -1.39. The largest absolute Gasteiger partial charge is 0.396 e. The molecule has 0 saturated heterocycles. The van der Waals surface area contributed by atoms with Crippen molar-refractivity contribution >= 4 is 11.0 Å². The van der Waals surface area contributed by atoms with Crippen molar-refractivity contribution in [1.29, 1.82) is 0 Å². The standard InChI is InChI=1S/C13H19N3O/c1-10(14-8-5-9-17)13-15-11-6-3-4-7-12(11)16(13)2/h3-4,6-7,10,14,17H,5,8-9H2,1-2H3. The zero-order valence-corrected chi connectivity index (χ0v) is 10.3. The van der Waals surface area contributed by atoms with Crippen LogP contribution in [0.5, 0.6) is 0 Å². The molecule has 1 heterocycles. The number of fused-ring (bicyclic) bond motifs is 1. The summed E-state index contributed by atoms with van der Waals surface area (Å²) in [6.07, 6.45) is 0.772. The predicted octanol–water partition coefficient (Wildman–Crippen LogP) is 1.61. The molecular weight excluding hydrogens is 214 g/mol. The van der Waals surface area contributed by atoms with Gasteiger partial charge >= 0.3 is 0 Å². The second kappa shape index (κ2) is 5.29. The third-order valence-corrected chi connectivity index (χ3v) is 2.99. The monoisotopic (exact) mass is 233 g/mol. The van der Waals surface area contributed by atoms with Gasteiger partial charge in [0, 0.05) is 13.7 Å². The van der Waals surface area contributed by atoms with Gasteiger partial charge in [0.05, 0.1) is 17.1 Å². The van der Waals surface area contributed by atoms with Crippen molar-refractivity contribution in [3.05, 3.63) is 30.1 Å². The summed E-state index contributed by atoms with van der Waals surface area (Å²) in [5.74, 6) is 1.03. The molecule has 0 radical (unpaired) electrons. The number of imidazole rings is 1. The first-order valence-corrected chi connectivity index (χ1v) is 5.99. The molecule has 2 N–H and O–H groups in total. The summed E-state index contributed by atoms with van der Waals surface area (Å²) >= 11 is 0. The van der Waals surface area contributed by atoms with Gasteiger partial charge in [-0.25, -0.2) is 4.98 Å². The Balaban J connectivity index is 2.20. The first kappa shape index (κ1) is 12.1. The lowest BCUT2D eigenvalue weighted by molar-refractivity contribution is 0.283. The highest BCUT2D eigenvalue weighted by atomic mass is 16.3. The van der Waals surface area contributed by atoms with E-state index < -0.39 is 0 Å². The smallest absolute Gasteiger partial charge is 0.126 e. The fourth-order valence-electron chi connectivity index (χ4n) is 2.04. The Bertz CT molecular complexity index is 492. The molecule has 0 aliphatic carbocycles. The quantitative estimate of drug-likeness (QED) is 0.771. The highest BCUT2D eigenvalue weighted by Gasteiger charge is 2.13. The van der Waals surface area contributed by atoms with Gasteiger partial charge in [0.25, 0.3) is 0 Å². The molecule has 2 rings (SSSR count). The molecule has 0 bridgehead atoms. The maximum Gasteiger partial charge on any atom is 0.126 e. The Morgan fingerprint density at radius 1 is 1.41 bits per heavy atom. The third-order valence-electron chi connectivity index (χ3n) is 2.99. The third kappa shape index (κ3) is 2.48. The zero-order valence-electron chi connectivity index (χ0n) is 10.3. The number of para-hydroxylation sites is 2. The zero-order chi connectivity index (χ0) is 12.3. The Kier molecular flexibility index (Phi) is 3.76. The molecule has 92 valence electrons. The summed E-state index contributed by atoms with van der Waals surface area (Å²) in [5, 5.41) is 12.1. The molecule has 1 aromatic carbocycles. The van der Waals surface area contributed by atoms with E-state index in [2.05, 4.69) is 27.9 Å².